The minimum atomic E-state index is -0.308. The maximum absolute atomic E-state index is 13.2. The van der Waals surface area contributed by atoms with Crippen LogP contribution in [0.25, 0.3) is 0 Å². The number of halogens is 1. The number of anilines is 1. The van der Waals surface area contributed by atoms with Crippen LogP contribution in [0.2, 0.25) is 5.02 Å². The quantitative estimate of drug-likeness (QED) is 0.337. The Kier molecular flexibility index (Phi) is 7.82. The number of nitriles is 1. The molecule has 0 atom stereocenters. The molecular weight excluding hydrogens is 488 g/mol. The van der Waals surface area contributed by atoms with Crippen molar-refractivity contribution in [2.45, 2.75) is 46.3 Å². The van der Waals surface area contributed by atoms with Crippen molar-refractivity contribution in [2.75, 3.05) is 31.3 Å². The zero-order chi connectivity index (χ0) is 26.8. The lowest BCUT2D eigenvalue weighted by Crippen LogP contribution is -2.74. The Hall–Kier alpha value is -3.08. The van der Waals surface area contributed by atoms with Gasteiger partial charge in [0.1, 0.15) is 24.7 Å². The minimum Gasteiger partial charge on any atom is -0.489 e. The standard InChI is InChI=1S/C29H35ClN4O3/c1-28(2)26(29(3,4)27(28)37-23-11-8-21(15-31)24(30)14-23)33-25(35)20-6-9-22(10-7-20)34-16-19(17-34)12-13-36-18-32-5/h6-11,14,19,26-27H,5,12-13,16-18H2,1-4H3,(H,33,35)/t26-,27-. The molecule has 2 aromatic carbocycles. The maximum Gasteiger partial charge on any atom is 0.251 e. The van der Waals surface area contributed by atoms with E-state index < -0.39 is 0 Å². The van der Waals surface area contributed by atoms with Crippen molar-refractivity contribution in [2.24, 2.45) is 21.7 Å². The Bertz CT molecular complexity index is 1170. The molecule has 0 spiro atoms. The average Bonchev–Trinajstić information content (AvgIpc) is 2.84. The number of aliphatic imine (C=N–C) groups is 1. The summed E-state index contributed by atoms with van der Waals surface area (Å²) in [6, 6.07) is 14.9. The lowest BCUT2D eigenvalue weighted by atomic mass is 9.49. The molecule has 2 aliphatic rings. The number of carbonyl (C=O) groups excluding carboxylic acids is 1. The summed E-state index contributed by atoms with van der Waals surface area (Å²) in [7, 11) is 0. The highest BCUT2D eigenvalue weighted by Crippen LogP contribution is 2.55. The van der Waals surface area contributed by atoms with E-state index in [-0.39, 0.29) is 28.9 Å². The predicted octanol–water partition coefficient (Wildman–Crippen LogP) is 5.32. The number of rotatable bonds is 10. The fourth-order valence-electron chi connectivity index (χ4n) is 5.98. The molecule has 0 radical (unpaired) electrons. The fraction of sp³-hybridized carbons (Fsp3) is 0.483. The van der Waals surface area contributed by atoms with Crippen LogP contribution < -0.4 is 15.0 Å². The van der Waals surface area contributed by atoms with Crippen LogP contribution in [-0.4, -0.2) is 51.2 Å². The molecular formula is C29H35ClN4O3. The number of benzene rings is 2. The molecule has 2 aromatic rings. The van der Waals surface area contributed by atoms with Gasteiger partial charge in [-0.15, -0.1) is 0 Å². The largest absolute Gasteiger partial charge is 0.489 e. The van der Waals surface area contributed by atoms with Gasteiger partial charge in [-0.05, 0) is 55.5 Å². The molecule has 8 heteroatoms. The van der Waals surface area contributed by atoms with E-state index >= 15 is 0 Å². The van der Waals surface area contributed by atoms with Crippen molar-refractivity contribution in [1.29, 1.82) is 5.26 Å². The monoisotopic (exact) mass is 522 g/mol. The molecule has 37 heavy (non-hydrogen) atoms. The van der Waals surface area contributed by atoms with Crippen LogP contribution in [0.1, 0.15) is 50.0 Å². The third-order valence-electron chi connectivity index (χ3n) is 7.73. The first kappa shape index (κ1) is 27.0. The van der Waals surface area contributed by atoms with Crippen LogP contribution in [0.15, 0.2) is 47.5 Å². The van der Waals surface area contributed by atoms with Gasteiger partial charge in [0, 0.05) is 53.9 Å². The summed E-state index contributed by atoms with van der Waals surface area (Å²) in [5.41, 5.74) is 1.56. The number of carbonyl (C=O) groups is 1. The molecule has 4 rings (SSSR count). The van der Waals surface area contributed by atoms with Crippen molar-refractivity contribution < 1.29 is 14.3 Å². The minimum absolute atomic E-state index is 0.0827. The summed E-state index contributed by atoms with van der Waals surface area (Å²) in [6.07, 6.45) is 0.872. The first-order valence-corrected chi connectivity index (χ1v) is 13.0. The van der Waals surface area contributed by atoms with Crippen LogP contribution in [0, 0.1) is 28.1 Å². The van der Waals surface area contributed by atoms with E-state index in [1.807, 2.05) is 24.3 Å². The Morgan fingerprint density at radius 2 is 1.86 bits per heavy atom. The summed E-state index contributed by atoms with van der Waals surface area (Å²) < 4.78 is 11.7. The summed E-state index contributed by atoms with van der Waals surface area (Å²) in [4.78, 5) is 19.2. The van der Waals surface area contributed by atoms with E-state index in [0.29, 0.717) is 41.2 Å². The van der Waals surface area contributed by atoms with Gasteiger partial charge in [0.15, 0.2) is 0 Å². The molecule has 7 nitrogen and oxygen atoms in total. The van der Waals surface area contributed by atoms with Crippen LogP contribution in [0.4, 0.5) is 5.69 Å². The number of hydrogen-bond acceptors (Lipinski definition) is 6. The zero-order valence-electron chi connectivity index (χ0n) is 22.0. The molecule has 1 amide bonds. The SMILES string of the molecule is C=NCOCCC1CN(c2ccc(C(=O)N[C@H]3C(C)(C)[C@H](Oc4ccc(C#N)c(Cl)c4)C3(C)C)cc2)C1. The average molecular weight is 523 g/mol. The van der Waals surface area contributed by atoms with Crippen molar-refractivity contribution in [1.82, 2.24) is 5.32 Å². The number of nitrogens with zero attached hydrogens (tertiary/aromatic N) is 3. The summed E-state index contributed by atoms with van der Waals surface area (Å²) in [5.74, 6) is 1.14. The second-order valence-corrected chi connectivity index (χ2v) is 11.6. The van der Waals surface area contributed by atoms with Crippen molar-refractivity contribution >= 4 is 29.9 Å². The Labute approximate surface area is 224 Å². The molecule has 0 unspecified atom stereocenters. The smallest absolute Gasteiger partial charge is 0.251 e. The molecule has 1 saturated heterocycles. The van der Waals surface area contributed by atoms with E-state index in [1.165, 1.54) is 0 Å². The third kappa shape index (κ3) is 5.46. The van der Waals surface area contributed by atoms with E-state index in [1.54, 1.807) is 18.2 Å². The van der Waals surface area contributed by atoms with Gasteiger partial charge in [0.05, 0.1) is 10.6 Å². The second-order valence-electron chi connectivity index (χ2n) is 11.2. The molecule has 1 heterocycles. The van der Waals surface area contributed by atoms with E-state index in [0.717, 1.165) is 25.2 Å². The van der Waals surface area contributed by atoms with Gasteiger partial charge >= 0.3 is 0 Å². The summed E-state index contributed by atoms with van der Waals surface area (Å²) >= 11 is 6.19. The number of nitrogens with one attached hydrogen (secondary N) is 1. The Morgan fingerprint density at radius 1 is 1.19 bits per heavy atom. The molecule has 1 aliphatic carbocycles. The topological polar surface area (TPSA) is 86.9 Å². The number of ether oxygens (including phenoxy) is 2. The van der Waals surface area contributed by atoms with E-state index in [9.17, 15) is 4.79 Å². The van der Waals surface area contributed by atoms with Crippen molar-refractivity contribution in [3.63, 3.8) is 0 Å². The van der Waals surface area contributed by atoms with Crippen LogP contribution >= 0.6 is 11.6 Å². The van der Waals surface area contributed by atoms with Gasteiger partial charge in [0.2, 0.25) is 0 Å². The molecule has 0 bridgehead atoms. The summed E-state index contributed by atoms with van der Waals surface area (Å²) in [6.45, 7) is 14.9. The highest BCUT2D eigenvalue weighted by Gasteiger charge is 2.64. The zero-order valence-corrected chi connectivity index (χ0v) is 22.7. The maximum atomic E-state index is 13.2. The van der Waals surface area contributed by atoms with E-state index in [4.69, 9.17) is 26.3 Å². The van der Waals surface area contributed by atoms with Crippen LogP contribution in [-0.2, 0) is 4.74 Å². The molecule has 1 aliphatic heterocycles. The Morgan fingerprint density at radius 3 is 2.46 bits per heavy atom. The summed E-state index contributed by atoms with van der Waals surface area (Å²) in [5, 5.41) is 12.7. The number of hydrogen-bond donors (Lipinski definition) is 1. The predicted molar refractivity (Wildman–Crippen MR) is 147 cm³/mol. The van der Waals surface area contributed by atoms with Gasteiger partial charge in [-0.25, -0.2) is 0 Å². The normalized spacial score (nSPS) is 21.8. The third-order valence-corrected chi connectivity index (χ3v) is 8.05. The highest BCUT2D eigenvalue weighted by molar-refractivity contribution is 6.31. The molecule has 1 N–H and O–H groups in total. The van der Waals surface area contributed by atoms with Gasteiger partial charge in [0.25, 0.3) is 5.91 Å². The molecule has 1 saturated carbocycles. The number of amides is 1. The van der Waals surface area contributed by atoms with Crippen LogP contribution in [0.3, 0.4) is 0 Å². The molecule has 0 aromatic heterocycles. The van der Waals surface area contributed by atoms with Gasteiger partial charge < -0.3 is 19.7 Å². The van der Waals surface area contributed by atoms with E-state index in [2.05, 4.69) is 55.7 Å². The van der Waals surface area contributed by atoms with Crippen molar-refractivity contribution in [3.8, 4) is 11.8 Å². The van der Waals surface area contributed by atoms with Crippen molar-refractivity contribution in [3.05, 3.63) is 58.6 Å². The first-order valence-electron chi connectivity index (χ1n) is 12.6. The fourth-order valence-corrected chi connectivity index (χ4v) is 6.19. The van der Waals surface area contributed by atoms with Gasteiger partial charge in [-0.2, -0.15) is 5.26 Å². The lowest BCUT2D eigenvalue weighted by Gasteiger charge is -2.63. The van der Waals surface area contributed by atoms with Gasteiger partial charge in [-0.3, -0.25) is 9.79 Å². The first-order chi connectivity index (χ1) is 17.6. The second kappa shape index (κ2) is 10.7. The van der Waals surface area contributed by atoms with Gasteiger partial charge in [-0.1, -0.05) is 39.3 Å². The lowest BCUT2D eigenvalue weighted by molar-refractivity contribution is -0.164. The van der Waals surface area contributed by atoms with Crippen LogP contribution in [0.5, 0.6) is 5.75 Å². The molecule has 2 fully saturated rings. The Balaban J connectivity index is 1.32. The molecule has 196 valence electrons. The highest BCUT2D eigenvalue weighted by atomic mass is 35.5.